The molecular weight excluding hydrogens is 1270 g/mol. The molecule has 12 unspecified atom stereocenters. The van der Waals surface area contributed by atoms with Crippen molar-refractivity contribution < 1.29 is 82.1 Å². The smallest absolute Gasteiger partial charge is 0.398 e. The Morgan fingerprint density at radius 2 is 0.868 bits per heavy atom. The number of benzene rings is 4. The van der Waals surface area contributed by atoms with Crippen LogP contribution < -0.4 is 25.8 Å². The first-order valence-corrected chi connectivity index (χ1v) is 33.7. The average Bonchev–Trinajstić information content (AvgIpc) is 1.66. The minimum atomic E-state index is -4.93. The molecule has 0 aromatic heterocycles. The molecule has 4 aromatic rings. The predicted octanol–water partition coefficient (Wildman–Crippen LogP) is 16.2. The van der Waals surface area contributed by atoms with Crippen LogP contribution in [0.1, 0.15) is 134 Å². The molecule has 8 heterocycles. The number of nitrogens with zero attached hydrogens (tertiary/aromatic N) is 6. The molecule has 8 aliphatic heterocycles. The van der Waals surface area contributed by atoms with E-state index in [1.165, 1.54) is 37.1 Å². The van der Waals surface area contributed by atoms with E-state index < -0.39 is 98.1 Å². The number of anilines is 4. The number of hydrogen-bond acceptors (Lipinski definition) is 13. The van der Waals surface area contributed by atoms with Crippen molar-refractivity contribution in [1.82, 2.24) is 5.32 Å². The second-order valence-corrected chi connectivity index (χ2v) is 33.3. The molecule has 8 aliphatic rings. The Kier molecular flexibility index (Phi) is 21.7. The standard InChI is InChI=1S/C14H15F3N2O2.C14H17F3N2.C13H13F3N2O3.C7H3F4NO2.C6H15ClSi.C6H11NO/c1-8-6-9-2-4-12(8)18(9)10-3-5-13(19(20)21)11(7-10)14(15,16)17;1-8-6-9-3-5-13(8)19(9)10-2-4-12(18)11(7-10)14(15,16)17;14-13(15,16)9-5-7(1-3-10(9)18(20)21)17-8-2-4-11(17)12(19)6-8;8-4-1-2-6(12(13)14)5(3-4)7(9,10)11;1-6(2,3)8(4,5)7;8-6-3-4-1-2-5(6)7-4/h3,5,7-9,12H,2,4,6H2,1H3;2,4,7-9,13H,3,5-6,18H2,1H3;1,3,5,8,11-12,19H,2,4,6H2;1-3H;1-5H3;4-8H,1-3H2. The highest BCUT2D eigenvalue weighted by Gasteiger charge is 2.50. The van der Waals surface area contributed by atoms with Gasteiger partial charge in [0.05, 0.1) is 38.6 Å². The Morgan fingerprint density at radius 1 is 0.516 bits per heavy atom. The Hall–Kier alpha value is -6.24. The molecule has 12 atom stereocenters. The molecule has 0 amide bonds. The molecule has 0 spiro atoms. The van der Waals surface area contributed by atoms with Gasteiger partial charge in [-0.1, -0.05) is 47.7 Å². The number of rotatable bonds is 6. The molecule has 504 valence electrons. The number of aliphatic hydroxyl groups excluding tert-OH is 2. The lowest BCUT2D eigenvalue weighted by atomic mass is 9.91. The second kappa shape index (κ2) is 27.4. The van der Waals surface area contributed by atoms with Crippen LogP contribution in [0.5, 0.6) is 0 Å². The van der Waals surface area contributed by atoms with Crippen molar-refractivity contribution in [2.45, 2.75) is 215 Å². The van der Waals surface area contributed by atoms with E-state index in [-0.39, 0.29) is 47.7 Å². The molecule has 16 nitrogen and oxygen atoms in total. The van der Waals surface area contributed by atoms with Crippen LogP contribution in [-0.2, 0) is 24.7 Å². The summed E-state index contributed by atoms with van der Waals surface area (Å²) in [6.07, 6.45) is -7.68. The molecule has 0 saturated carbocycles. The van der Waals surface area contributed by atoms with E-state index >= 15 is 0 Å². The summed E-state index contributed by atoms with van der Waals surface area (Å²) in [7, 11) is -1.39. The fourth-order valence-electron chi connectivity index (χ4n) is 13.5. The molecule has 8 bridgehead atoms. The fourth-order valence-corrected chi connectivity index (χ4v) is 13.5. The highest BCUT2D eigenvalue weighted by atomic mass is 35.6. The van der Waals surface area contributed by atoms with E-state index in [9.17, 15) is 92.5 Å². The summed E-state index contributed by atoms with van der Waals surface area (Å²) in [4.78, 5) is 34.4. The molecule has 5 N–H and O–H groups in total. The van der Waals surface area contributed by atoms with Crippen LogP contribution in [0.15, 0.2) is 72.8 Å². The Labute approximate surface area is 522 Å². The van der Waals surface area contributed by atoms with E-state index in [2.05, 4.69) is 57.9 Å². The first-order valence-electron chi connectivity index (χ1n) is 29.7. The topological polar surface area (TPSA) is 218 Å². The lowest BCUT2D eigenvalue weighted by molar-refractivity contribution is -0.388. The zero-order chi connectivity index (χ0) is 68.0. The monoisotopic (exact) mass is 1340 g/mol. The van der Waals surface area contributed by atoms with Crippen molar-refractivity contribution in [3.05, 3.63) is 131 Å². The van der Waals surface area contributed by atoms with Gasteiger partial charge in [0.1, 0.15) is 22.5 Å². The van der Waals surface area contributed by atoms with E-state index in [4.69, 9.17) is 21.9 Å². The zero-order valence-electron chi connectivity index (χ0n) is 50.7. The number of aliphatic hydroxyl groups is 2. The van der Waals surface area contributed by atoms with Gasteiger partial charge < -0.3 is 36.0 Å². The van der Waals surface area contributed by atoms with E-state index in [1.54, 1.807) is 11.0 Å². The second-order valence-electron chi connectivity index (χ2n) is 26.0. The van der Waals surface area contributed by atoms with Crippen LogP contribution in [0.4, 0.5) is 96.9 Å². The van der Waals surface area contributed by atoms with Gasteiger partial charge in [0.2, 0.25) is 0 Å². The lowest BCUT2D eigenvalue weighted by Gasteiger charge is -2.29. The van der Waals surface area contributed by atoms with Gasteiger partial charge >= 0.3 is 24.7 Å². The molecule has 8 saturated heterocycles. The van der Waals surface area contributed by atoms with E-state index in [1.807, 2.05) is 4.90 Å². The third kappa shape index (κ3) is 16.8. The van der Waals surface area contributed by atoms with Gasteiger partial charge in [0, 0.05) is 83.2 Å². The highest BCUT2D eigenvalue weighted by molar-refractivity contribution is 7.20. The van der Waals surface area contributed by atoms with Gasteiger partial charge in [-0.15, -0.1) is 0 Å². The lowest BCUT2D eigenvalue weighted by Crippen LogP contribution is -2.32. The number of nitro benzene ring substituents is 3. The van der Waals surface area contributed by atoms with Gasteiger partial charge in [-0.25, -0.2) is 4.39 Å². The summed E-state index contributed by atoms with van der Waals surface area (Å²) in [6, 6.07) is 14.1. The molecule has 0 aliphatic carbocycles. The van der Waals surface area contributed by atoms with Crippen molar-refractivity contribution in [2.75, 3.05) is 20.4 Å². The molecule has 91 heavy (non-hydrogen) atoms. The van der Waals surface area contributed by atoms with Crippen molar-refractivity contribution in [2.24, 2.45) is 11.8 Å². The summed E-state index contributed by atoms with van der Waals surface area (Å²) >= 11 is 6.15. The first kappa shape index (κ1) is 72.2. The Bertz CT molecular complexity index is 3140. The number of halogens is 14. The van der Waals surface area contributed by atoms with Gasteiger partial charge in [0.15, 0.2) is 7.38 Å². The maximum atomic E-state index is 13.0. The van der Waals surface area contributed by atoms with Crippen molar-refractivity contribution >= 4 is 58.3 Å². The summed E-state index contributed by atoms with van der Waals surface area (Å²) in [5.41, 5.74) is -1.04. The quantitative estimate of drug-likeness (QED) is 0.0353. The Morgan fingerprint density at radius 3 is 1.14 bits per heavy atom. The number of nitrogens with one attached hydrogen (secondary N) is 1. The number of nitrogens with two attached hydrogens (primary N) is 1. The maximum absolute atomic E-state index is 13.0. The third-order valence-corrected chi connectivity index (χ3v) is 24.2. The van der Waals surface area contributed by atoms with E-state index in [0.29, 0.717) is 71.0 Å². The predicted molar refractivity (Wildman–Crippen MR) is 320 cm³/mol. The van der Waals surface area contributed by atoms with Crippen LogP contribution in [0.3, 0.4) is 0 Å². The number of nitro groups is 3. The summed E-state index contributed by atoms with van der Waals surface area (Å²) < 4.78 is 166. The number of nitrogen functional groups attached to an aromatic ring is 1. The zero-order valence-corrected chi connectivity index (χ0v) is 52.5. The molecule has 31 heteroatoms. The fraction of sp³-hybridized carbons (Fsp3) is 0.600. The average molecular weight is 1350 g/mol. The minimum Gasteiger partial charge on any atom is -0.398 e. The summed E-state index contributed by atoms with van der Waals surface area (Å²) in [6.45, 7) is 15.2. The molecular formula is C60H74ClF13N8O8Si. The summed E-state index contributed by atoms with van der Waals surface area (Å²) in [5, 5.41) is 54.4. The van der Waals surface area contributed by atoms with Crippen LogP contribution in [0.25, 0.3) is 0 Å². The molecule has 12 rings (SSSR count). The maximum Gasteiger partial charge on any atom is 0.423 e. The largest absolute Gasteiger partial charge is 0.423 e. The molecule has 0 radical (unpaired) electrons. The van der Waals surface area contributed by atoms with Crippen LogP contribution in [-0.4, -0.2) is 92.9 Å². The summed E-state index contributed by atoms with van der Waals surface area (Å²) in [5.74, 6) is -0.151. The molecule has 4 aromatic carbocycles. The number of alkyl halides is 12. The molecule has 8 fully saturated rings. The number of fused-ring (bicyclic) bond motifs is 8. The Balaban J connectivity index is 0.000000160. The van der Waals surface area contributed by atoms with Crippen LogP contribution in [0, 0.1) is 48.0 Å². The van der Waals surface area contributed by atoms with Gasteiger partial charge in [-0.2, -0.15) is 63.8 Å². The van der Waals surface area contributed by atoms with Gasteiger partial charge in [-0.3, -0.25) is 30.3 Å². The van der Waals surface area contributed by atoms with Crippen molar-refractivity contribution in [3.8, 4) is 0 Å². The van der Waals surface area contributed by atoms with Gasteiger partial charge in [0.25, 0.3) is 17.1 Å². The van der Waals surface area contributed by atoms with Crippen LogP contribution >= 0.6 is 11.1 Å². The van der Waals surface area contributed by atoms with Crippen molar-refractivity contribution in [1.29, 1.82) is 0 Å². The van der Waals surface area contributed by atoms with Crippen LogP contribution in [0.2, 0.25) is 18.1 Å². The highest BCUT2D eigenvalue weighted by Crippen LogP contribution is 2.50. The third-order valence-electron chi connectivity index (χ3n) is 18.9. The van der Waals surface area contributed by atoms with Gasteiger partial charge in [-0.05, 0) is 149 Å². The van der Waals surface area contributed by atoms with E-state index in [0.717, 1.165) is 82.1 Å². The first-order chi connectivity index (χ1) is 41.9. The SMILES string of the molecule is CC(C)(C)[Si](C)(C)Cl.CC1CC2CCC1N2c1ccc(N)c(C(F)(F)F)c1.CC1CC2CCC1N2c1ccc([N+](=O)[O-])c(C(F)(F)F)c1.O=[N+]([O-])c1ccc(F)cc1C(F)(F)F.O=[N+]([O-])c1ccc(N2C3CCC2C(O)C3)cc1C(F)(F)F.OC1CC2CCC1N2. The normalized spacial score (nSPS) is 27.0. The minimum absolute atomic E-state index is 0.00698. The van der Waals surface area contributed by atoms with Crippen molar-refractivity contribution in [3.63, 3.8) is 0 Å². The number of hydrogen-bond donors (Lipinski definition) is 4.